The predicted molar refractivity (Wildman–Crippen MR) is 84.0 cm³/mol. The van der Waals surface area contributed by atoms with E-state index >= 15 is 0 Å². The van der Waals surface area contributed by atoms with Crippen LogP contribution in [0.25, 0.3) is 0 Å². The van der Waals surface area contributed by atoms with E-state index in [9.17, 15) is 0 Å². The van der Waals surface area contributed by atoms with Crippen LogP contribution in [0.1, 0.15) is 51.3 Å². The number of rotatable bonds is 5. The van der Waals surface area contributed by atoms with Crippen molar-refractivity contribution in [1.82, 2.24) is 15.3 Å². The summed E-state index contributed by atoms with van der Waals surface area (Å²) >= 11 is 0. The molecule has 1 fully saturated rings. The zero-order chi connectivity index (χ0) is 14.5. The van der Waals surface area contributed by atoms with E-state index < -0.39 is 0 Å². The Hall–Kier alpha value is -1.16. The molecule has 1 aliphatic heterocycles. The molecule has 2 heterocycles. The lowest BCUT2D eigenvalue weighted by Crippen LogP contribution is -2.36. The summed E-state index contributed by atoms with van der Waals surface area (Å²) in [4.78, 5) is 11.7. The summed E-state index contributed by atoms with van der Waals surface area (Å²) in [6, 6.07) is 0.487. The van der Waals surface area contributed by atoms with E-state index in [1.807, 2.05) is 6.20 Å². The van der Waals surface area contributed by atoms with Crippen molar-refractivity contribution in [1.29, 1.82) is 0 Å². The van der Waals surface area contributed by atoms with Crippen LogP contribution in [-0.4, -0.2) is 29.1 Å². The number of aryl methyl sites for hydroxylation is 1. The van der Waals surface area contributed by atoms with Gasteiger partial charge in [0.05, 0.1) is 0 Å². The third-order valence-corrected chi connectivity index (χ3v) is 4.15. The molecule has 1 atom stereocenters. The van der Waals surface area contributed by atoms with Crippen molar-refractivity contribution < 1.29 is 0 Å². The Balaban J connectivity index is 2.04. The maximum absolute atomic E-state index is 4.72. The molecule has 1 aromatic heterocycles. The Kier molecular flexibility index (Phi) is 5.35. The molecule has 1 aliphatic rings. The van der Waals surface area contributed by atoms with Crippen LogP contribution in [0, 0.1) is 12.8 Å². The SMILES string of the molecule is CCC1CCCN(c2ncc(CNC(C)C)c(C)n2)C1. The molecule has 0 aliphatic carbocycles. The van der Waals surface area contributed by atoms with Gasteiger partial charge in [-0.25, -0.2) is 9.97 Å². The molecule has 20 heavy (non-hydrogen) atoms. The second kappa shape index (κ2) is 7.02. The van der Waals surface area contributed by atoms with Gasteiger partial charge in [-0.15, -0.1) is 0 Å². The number of aromatic nitrogens is 2. The van der Waals surface area contributed by atoms with Crippen LogP contribution < -0.4 is 10.2 Å². The fourth-order valence-corrected chi connectivity index (χ4v) is 2.70. The van der Waals surface area contributed by atoms with Gasteiger partial charge in [0.1, 0.15) is 0 Å². The quantitative estimate of drug-likeness (QED) is 0.898. The first-order valence-electron chi connectivity index (χ1n) is 7.91. The zero-order valence-electron chi connectivity index (χ0n) is 13.3. The first-order chi connectivity index (χ1) is 9.60. The summed E-state index contributed by atoms with van der Waals surface area (Å²) in [7, 11) is 0. The van der Waals surface area contributed by atoms with E-state index in [2.05, 4.69) is 42.9 Å². The average Bonchev–Trinajstić information content (AvgIpc) is 2.46. The van der Waals surface area contributed by atoms with Gasteiger partial charge in [-0.05, 0) is 25.7 Å². The fourth-order valence-electron chi connectivity index (χ4n) is 2.70. The minimum atomic E-state index is 0.487. The van der Waals surface area contributed by atoms with Gasteiger partial charge in [0.25, 0.3) is 0 Å². The second-order valence-electron chi connectivity index (χ2n) is 6.18. The molecule has 0 radical (unpaired) electrons. The third kappa shape index (κ3) is 3.92. The lowest BCUT2D eigenvalue weighted by atomic mass is 9.96. The normalized spacial score (nSPS) is 19.6. The fraction of sp³-hybridized carbons (Fsp3) is 0.750. The third-order valence-electron chi connectivity index (χ3n) is 4.15. The van der Waals surface area contributed by atoms with Crippen molar-refractivity contribution in [2.24, 2.45) is 5.92 Å². The summed E-state index contributed by atoms with van der Waals surface area (Å²) in [6.45, 7) is 11.7. The summed E-state index contributed by atoms with van der Waals surface area (Å²) < 4.78 is 0. The highest BCUT2D eigenvalue weighted by atomic mass is 15.3. The molecule has 1 N–H and O–H groups in total. The molecule has 0 saturated carbocycles. The van der Waals surface area contributed by atoms with Crippen molar-refractivity contribution >= 4 is 5.95 Å². The van der Waals surface area contributed by atoms with Gasteiger partial charge in [-0.2, -0.15) is 0 Å². The van der Waals surface area contributed by atoms with Gasteiger partial charge < -0.3 is 10.2 Å². The highest BCUT2D eigenvalue weighted by Crippen LogP contribution is 2.22. The molecule has 112 valence electrons. The van der Waals surface area contributed by atoms with Crippen LogP contribution in [-0.2, 0) is 6.54 Å². The van der Waals surface area contributed by atoms with Crippen molar-refractivity contribution in [2.75, 3.05) is 18.0 Å². The van der Waals surface area contributed by atoms with Crippen LogP contribution in [0.2, 0.25) is 0 Å². The highest BCUT2D eigenvalue weighted by molar-refractivity contribution is 5.33. The molecular weight excluding hydrogens is 248 g/mol. The van der Waals surface area contributed by atoms with Crippen molar-refractivity contribution in [3.05, 3.63) is 17.5 Å². The van der Waals surface area contributed by atoms with Gasteiger partial charge in [-0.1, -0.05) is 27.2 Å². The molecular formula is C16H28N4. The molecule has 1 unspecified atom stereocenters. The van der Waals surface area contributed by atoms with E-state index in [4.69, 9.17) is 4.98 Å². The van der Waals surface area contributed by atoms with E-state index in [1.54, 1.807) is 0 Å². The Bertz CT molecular complexity index is 430. The van der Waals surface area contributed by atoms with Gasteiger partial charge in [0, 0.05) is 43.1 Å². The van der Waals surface area contributed by atoms with Crippen molar-refractivity contribution in [3.8, 4) is 0 Å². The number of nitrogens with one attached hydrogen (secondary N) is 1. The highest BCUT2D eigenvalue weighted by Gasteiger charge is 2.20. The van der Waals surface area contributed by atoms with Crippen LogP contribution in [0.15, 0.2) is 6.20 Å². The monoisotopic (exact) mass is 276 g/mol. The topological polar surface area (TPSA) is 41.1 Å². The molecule has 0 spiro atoms. The summed E-state index contributed by atoms with van der Waals surface area (Å²) in [5.74, 6) is 1.71. The maximum atomic E-state index is 4.72. The molecule has 4 nitrogen and oxygen atoms in total. The van der Waals surface area contributed by atoms with Gasteiger partial charge >= 0.3 is 0 Å². The lowest BCUT2D eigenvalue weighted by molar-refractivity contribution is 0.401. The lowest BCUT2D eigenvalue weighted by Gasteiger charge is -2.32. The number of hydrogen-bond donors (Lipinski definition) is 1. The van der Waals surface area contributed by atoms with Crippen LogP contribution in [0.4, 0.5) is 5.95 Å². The Morgan fingerprint density at radius 1 is 1.45 bits per heavy atom. The molecule has 1 aromatic rings. The largest absolute Gasteiger partial charge is 0.341 e. The Morgan fingerprint density at radius 3 is 2.90 bits per heavy atom. The molecule has 0 amide bonds. The molecule has 4 heteroatoms. The number of nitrogens with zero attached hydrogens (tertiary/aromatic N) is 3. The Morgan fingerprint density at radius 2 is 2.25 bits per heavy atom. The number of anilines is 1. The summed E-state index contributed by atoms with van der Waals surface area (Å²) in [5, 5.41) is 3.42. The van der Waals surface area contributed by atoms with Gasteiger partial charge in [0.2, 0.25) is 5.95 Å². The average molecular weight is 276 g/mol. The molecule has 2 rings (SSSR count). The van der Waals surface area contributed by atoms with Crippen LogP contribution in [0.5, 0.6) is 0 Å². The van der Waals surface area contributed by atoms with Crippen molar-refractivity contribution in [3.63, 3.8) is 0 Å². The summed E-state index contributed by atoms with van der Waals surface area (Å²) in [6.07, 6.45) is 5.86. The van der Waals surface area contributed by atoms with Gasteiger partial charge in [0.15, 0.2) is 0 Å². The second-order valence-corrected chi connectivity index (χ2v) is 6.18. The molecule has 0 aromatic carbocycles. The Labute approximate surface area is 123 Å². The smallest absolute Gasteiger partial charge is 0.225 e. The molecule has 0 bridgehead atoms. The van der Waals surface area contributed by atoms with Gasteiger partial charge in [-0.3, -0.25) is 0 Å². The van der Waals surface area contributed by atoms with Crippen LogP contribution >= 0.6 is 0 Å². The first-order valence-corrected chi connectivity index (χ1v) is 7.91. The van der Waals surface area contributed by atoms with E-state index in [1.165, 1.54) is 24.8 Å². The summed E-state index contributed by atoms with van der Waals surface area (Å²) in [5.41, 5.74) is 2.30. The van der Waals surface area contributed by atoms with E-state index in [-0.39, 0.29) is 0 Å². The van der Waals surface area contributed by atoms with E-state index in [0.29, 0.717) is 6.04 Å². The maximum Gasteiger partial charge on any atom is 0.225 e. The minimum Gasteiger partial charge on any atom is -0.341 e. The van der Waals surface area contributed by atoms with E-state index in [0.717, 1.165) is 37.2 Å². The zero-order valence-corrected chi connectivity index (χ0v) is 13.3. The molecule has 1 saturated heterocycles. The first kappa shape index (κ1) is 15.2. The predicted octanol–water partition coefficient (Wildman–Crippen LogP) is 2.91. The standard InChI is InChI=1S/C16H28N4/c1-5-14-7-6-8-20(11-14)16-18-10-15(13(4)19-16)9-17-12(2)3/h10,12,14,17H,5-9,11H2,1-4H3. The number of piperidine rings is 1. The number of hydrogen-bond acceptors (Lipinski definition) is 4. The van der Waals surface area contributed by atoms with Crippen LogP contribution in [0.3, 0.4) is 0 Å². The van der Waals surface area contributed by atoms with Crippen molar-refractivity contribution in [2.45, 2.75) is 59.5 Å². The minimum absolute atomic E-state index is 0.487.